The summed E-state index contributed by atoms with van der Waals surface area (Å²) in [5.41, 5.74) is 0.474. The van der Waals surface area contributed by atoms with Gasteiger partial charge in [-0.05, 0) is 24.1 Å². The monoisotopic (exact) mass is 340 g/mol. The molecule has 0 aromatic heterocycles. The number of hydrogen-bond acceptors (Lipinski definition) is 3. The van der Waals surface area contributed by atoms with E-state index in [1.807, 2.05) is 0 Å². The highest BCUT2D eigenvalue weighted by atomic mass is 79.9. The normalized spacial score (nSPS) is 17.5. The fourth-order valence-corrected chi connectivity index (χ4v) is 3.11. The van der Waals surface area contributed by atoms with Crippen LogP contribution in [0.4, 0.5) is 0 Å². The van der Waals surface area contributed by atoms with Gasteiger partial charge >= 0.3 is 0 Å². The molecule has 0 radical (unpaired) electrons. The summed E-state index contributed by atoms with van der Waals surface area (Å²) >= 11 is 8.97. The molecule has 0 amide bonds. The minimum absolute atomic E-state index is 0.250. The number of alkyl halides is 1. The Hall–Kier alpha value is -0.100. The first-order valence-electron chi connectivity index (χ1n) is 5.04. The van der Waals surface area contributed by atoms with E-state index in [4.69, 9.17) is 11.6 Å². The van der Waals surface area contributed by atoms with Gasteiger partial charge in [0.15, 0.2) is 13.5 Å². The number of hydrogen-bond donors (Lipinski definition) is 1. The van der Waals surface area contributed by atoms with Crippen LogP contribution < -0.4 is 0 Å². The number of aliphatic hydroxyl groups excluding tert-OH is 1. The lowest BCUT2D eigenvalue weighted by Crippen LogP contribution is -2.37. The molecular formula is C11H14BrClO3S. The first-order chi connectivity index (χ1) is 7.72. The molecular weight excluding hydrogens is 328 g/mol. The Kier molecular flexibility index (Phi) is 4.63. The molecule has 1 N–H and O–H groups in total. The van der Waals surface area contributed by atoms with Crippen molar-refractivity contribution in [3.63, 3.8) is 0 Å². The third-order valence-corrected chi connectivity index (χ3v) is 7.41. The average molecular weight is 342 g/mol. The van der Waals surface area contributed by atoms with Crippen LogP contribution >= 0.6 is 27.5 Å². The van der Waals surface area contributed by atoms with Crippen LogP contribution in [0.5, 0.6) is 0 Å². The van der Waals surface area contributed by atoms with Gasteiger partial charge in [-0.15, -0.1) is 0 Å². The van der Waals surface area contributed by atoms with Gasteiger partial charge in [0.2, 0.25) is 0 Å². The number of benzene rings is 1. The second kappa shape index (κ2) is 5.26. The SMILES string of the molecule is CC[C@](Br)([C@@H](O)c1cccc(Cl)c1)S(C)(=O)=O. The molecule has 0 aliphatic heterocycles. The highest BCUT2D eigenvalue weighted by Crippen LogP contribution is 2.41. The molecule has 2 atom stereocenters. The fraction of sp³-hybridized carbons (Fsp3) is 0.455. The van der Waals surface area contributed by atoms with Gasteiger partial charge in [-0.1, -0.05) is 46.6 Å². The molecule has 6 heteroatoms. The van der Waals surface area contributed by atoms with Gasteiger partial charge in [0.05, 0.1) is 0 Å². The molecule has 0 fully saturated rings. The Bertz CT molecular complexity index is 503. The summed E-state index contributed by atoms with van der Waals surface area (Å²) < 4.78 is 22.1. The summed E-state index contributed by atoms with van der Waals surface area (Å²) in [4.78, 5) is 0. The zero-order chi connectivity index (χ0) is 13.3. The van der Waals surface area contributed by atoms with Crippen molar-refractivity contribution in [2.24, 2.45) is 0 Å². The average Bonchev–Trinajstić information content (AvgIpc) is 2.25. The van der Waals surface area contributed by atoms with Crippen LogP contribution in [-0.4, -0.2) is 23.4 Å². The highest BCUT2D eigenvalue weighted by molar-refractivity contribution is 9.11. The largest absolute Gasteiger partial charge is 0.386 e. The van der Waals surface area contributed by atoms with Crippen molar-refractivity contribution in [1.82, 2.24) is 0 Å². The number of aliphatic hydroxyl groups is 1. The van der Waals surface area contributed by atoms with E-state index in [9.17, 15) is 13.5 Å². The summed E-state index contributed by atoms with van der Waals surface area (Å²) in [6, 6.07) is 6.54. The molecule has 0 saturated carbocycles. The Labute approximate surface area is 115 Å². The van der Waals surface area contributed by atoms with Crippen LogP contribution in [0.2, 0.25) is 5.02 Å². The van der Waals surface area contributed by atoms with Crippen LogP contribution in [0, 0.1) is 0 Å². The van der Waals surface area contributed by atoms with Crippen molar-refractivity contribution >= 4 is 37.4 Å². The van der Waals surface area contributed by atoms with Crippen molar-refractivity contribution in [2.75, 3.05) is 6.26 Å². The molecule has 0 saturated heterocycles. The zero-order valence-corrected chi connectivity index (χ0v) is 12.7. The second-order valence-electron chi connectivity index (χ2n) is 3.87. The van der Waals surface area contributed by atoms with Gasteiger partial charge < -0.3 is 5.11 Å². The maximum absolute atomic E-state index is 11.7. The van der Waals surface area contributed by atoms with Gasteiger partial charge in [-0.2, -0.15) is 0 Å². The summed E-state index contributed by atoms with van der Waals surface area (Å²) in [7, 11) is -3.45. The Morgan fingerprint density at radius 3 is 2.53 bits per heavy atom. The van der Waals surface area contributed by atoms with Gasteiger partial charge in [-0.25, -0.2) is 8.42 Å². The van der Waals surface area contributed by atoms with Crippen molar-refractivity contribution in [1.29, 1.82) is 0 Å². The molecule has 96 valence electrons. The zero-order valence-electron chi connectivity index (χ0n) is 9.52. The van der Waals surface area contributed by atoms with Crippen LogP contribution in [0.25, 0.3) is 0 Å². The molecule has 0 heterocycles. The number of halogens is 2. The summed E-state index contributed by atoms with van der Waals surface area (Å²) in [5.74, 6) is 0. The standard InChI is InChI=1S/C11H14BrClO3S/c1-3-11(12,17(2,15)16)10(14)8-5-4-6-9(13)7-8/h4-7,10,14H,3H2,1-2H3/t10-,11+/m0/s1. The summed E-state index contributed by atoms with van der Waals surface area (Å²) in [5, 5.41) is 10.7. The minimum Gasteiger partial charge on any atom is -0.386 e. The molecule has 0 unspecified atom stereocenters. The lowest BCUT2D eigenvalue weighted by Gasteiger charge is -2.30. The van der Waals surface area contributed by atoms with E-state index in [0.717, 1.165) is 6.26 Å². The van der Waals surface area contributed by atoms with Crippen LogP contribution in [0.15, 0.2) is 24.3 Å². The van der Waals surface area contributed by atoms with E-state index in [1.54, 1.807) is 31.2 Å². The quantitative estimate of drug-likeness (QED) is 0.857. The Balaban J connectivity index is 3.24. The Morgan fingerprint density at radius 2 is 2.12 bits per heavy atom. The molecule has 0 aliphatic carbocycles. The van der Waals surface area contributed by atoms with E-state index in [0.29, 0.717) is 10.6 Å². The van der Waals surface area contributed by atoms with E-state index in [2.05, 4.69) is 15.9 Å². The smallest absolute Gasteiger partial charge is 0.166 e. The molecule has 17 heavy (non-hydrogen) atoms. The van der Waals surface area contributed by atoms with Gasteiger partial charge in [0.25, 0.3) is 0 Å². The Morgan fingerprint density at radius 1 is 1.53 bits per heavy atom. The van der Waals surface area contributed by atoms with Crippen LogP contribution in [0.3, 0.4) is 0 Å². The first-order valence-corrected chi connectivity index (χ1v) is 8.10. The molecule has 0 spiro atoms. The van der Waals surface area contributed by atoms with E-state index < -0.39 is 19.6 Å². The molecule has 1 aromatic carbocycles. The van der Waals surface area contributed by atoms with E-state index in [1.165, 1.54) is 0 Å². The molecule has 1 rings (SSSR count). The third kappa shape index (κ3) is 3.02. The van der Waals surface area contributed by atoms with Crippen molar-refractivity contribution in [3.8, 4) is 0 Å². The lowest BCUT2D eigenvalue weighted by molar-refractivity contribution is 0.160. The first kappa shape index (κ1) is 15.0. The predicted octanol–water partition coefficient (Wildman–Crippen LogP) is 2.92. The van der Waals surface area contributed by atoms with Crippen molar-refractivity contribution < 1.29 is 13.5 Å². The van der Waals surface area contributed by atoms with Gasteiger partial charge in [0, 0.05) is 11.3 Å². The highest BCUT2D eigenvalue weighted by Gasteiger charge is 2.44. The van der Waals surface area contributed by atoms with E-state index in [-0.39, 0.29) is 6.42 Å². The summed E-state index contributed by atoms with van der Waals surface area (Å²) in [6.45, 7) is 1.70. The third-order valence-electron chi connectivity index (χ3n) is 2.67. The molecule has 0 aliphatic rings. The molecule has 1 aromatic rings. The maximum atomic E-state index is 11.7. The maximum Gasteiger partial charge on any atom is 0.166 e. The summed E-state index contributed by atoms with van der Waals surface area (Å²) in [6.07, 6.45) is 0.180. The van der Waals surface area contributed by atoms with Crippen molar-refractivity contribution in [3.05, 3.63) is 34.9 Å². The van der Waals surface area contributed by atoms with E-state index >= 15 is 0 Å². The second-order valence-corrected chi connectivity index (χ2v) is 8.52. The molecule has 0 bridgehead atoms. The predicted molar refractivity (Wildman–Crippen MR) is 73.2 cm³/mol. The van der Waals surface area contributed by atoms with Gasteiger partial charge in [0.1, 0.15) is 6.10 Å². The van der Waals surface area contributed by atoms with Gasteiger partial charge in [-0.3, -0.25) is 0 Å². The fourth-order valence-electron chi connectivity index (χ4n) is 1.58. The number of sulfone groups is 1. The minimum atomic E-state index is -3.45. The van der Waals surface area contributed by atoms with Crippen LogP contribution in [0.1, 0.15) is 25.0 Å². The lowest BCUT2D eigenvalue weighted by atomic mass is 10.1. The van der Waals surface area contributed by atoms with Crippen molar-refractivity contribution in [2.45, 2.75) is 23.1 Å². The van der Waals surface area contributed by atoms with Crippen LogP contribution in [-0.2, 0) is 9.84 Å². The molecule has 3 nitrogen and oxygen atoms in total. The topological polar surface area (TPSA) is 54.4 Å². The number of rotatable bonds is 4.